The van der Waals surface area contributed by atoms with Gasteiger partial charge in [0.05, 0.1) is 0 Å². The summed E-state index contributed by atoms with van der Waals surface area (Å²) in [7, 11) is 0. The highest BCUT2D eigenvalue weighted by molar-refractivity contribution is 4.62. The van der Waals surface area contributed by atoms with E-state index >= 15 is 0 Å². The highest BCUT2D eigenvalue weighted by Crippen LogP contribution is 1.80. The van der Waals surface area contributed by atoms with Gasteiger partial charge in [0, 0.05) is 0 Å². The van der Waals surface area contributed by atoms with Gasteiger partial charge in [-0.25, -0.2) is 9.78 Å². The zero-order valence-electron chi connectivity index (χ0n) is 5.21. The molecule has 0 atom stereocenters. The molecule has 0 heterocycles. The molecule has 0 spiro atoms. The summed E-state index contributed by atoms with van der Waals surface area (Å²) in [5.74, 6) is 0. The third-order valence-corrected chi connectivity index (χ3v) is 0.468. The van der Waals surface area contributed by atoms with Crippen LogP contribution in [0.4, 0.5) is 0 Å². The molecule has 0 aromatic rings. The first kappa shape index (κ1) is 8.36. The van der Waals surface area contributed by atoms with E-state index in [2.05, 4.69) is 28.0 Å². The first-order valence-corrected chi connectivity index (χ1v) is 2.54. The minimum atomic E-state index is 0.317. The van der Waals surface area contributed by atoms with Crippen LogP contribution in [0.5, 0.6) is 0 Å². The van der Waals surface area contributed by atoms with E-state index in [1.54, 1.807) is 12.2 Å². The lowest BCUT2D eigenvalue weighted by molar-refractivity contribution is -0.505. The Kier molecular flexibility index (Phi) is 6.84. The molecule has 0 N–H and O–H groups in total. The van der Waals surface area contributed by atoms with E-state index in [-0.39, 0.29) is 0 Å². The lowest BCUT2D eigenvalue weighted by Crippen LogP contribution is -1.95. The molecule has 0 bridgehead atoms. The van der Waals surface area contributed by atoms with Crippen LogP contribution in [-0.2, 0) is 14.8 Å². The summed E-state index contributed by atoms with van der Waals surface area (Å²) < 4.78 is 0. The fourth-order valence-corrected chi connectivity index (χ4v) is 0.186. The highest BCUT2D eigenvalue weighted by Gasteiger charge is 1.81. The molecule has 9 heavy (non-hydrogen) atoms. The molecule has 0 aliphatic carbocycles. The smallest absolute Gasteiger partial charge is 0.103 e. The van der Waals surface area contributed by atoms with Gasteiger partial charge in [-0.05, 0) is 0 Å². The zero-order valence-corrected chi connectivity index (χ0v) is 5.21. The lowest BCUT2D eigenvalue weighted by Gasteiger charge is -1.95. The van der Waals surface area contributed by atoms with Gasteiger partial charge in [-0.15, -0.1) is 13.2 Å². The average molecular weight is 130 g/mol. The molecule has 0 aromatic carbocycles. The Labute approximate surface area is 54.4 Å². The Bertz CT molecular complexity index is 70.4. The van der Waals surface area contributed by atoms with Gasteiger partial charge in [0.15, 0.2) is 0 Å². The van der Waals surface area contributed by atoms with Crippen molar-refractivity contribution in [3.05, 3.63) is 25.3 Å². The van der Waals surface area contributed by atoms with Crippen LogP contribution in [0.3, 0.4) is 0 Å². The summed E-state index contributed by atoms with van der Waals surface area (Å²) in [6.07, 6.45) is 3.11. The second kappa shape index (κ2) is 7.36. The van der Waals surface area contributed by atoms with Crippen molar-refractivity contribution < 1.29 is 14.8 Å². The lowest BCUT2D eigenvalue weighted by atomic mass is 10.7. The molecule has 3 nitrogen and oxygen atoms in total. The molecular weight excluding hydrogens is 120 g/mol. The van der Waals surface area contributed by atoms with Crippen LogP contribution >= 0.6 is 0 Å². The largest absolute Gasteiger partial charge is 0.202 e. The van der Waals surface area contributed by atoms with E-state index in [0.29, 0.717) is 13.2 Å². The Balaban J connectivity index is 2.74. The molecule has 0 rings (SSSR count). The van der Waals surface area contributed by atoms with E-state index < -0.39 is 0 Å². The van der Waals surface area contributed by atoms with Crippen LogP contribution in [0.15, 0.2) is 25.3 Å². The van der Waals surface area contributed by atoms with Gasteiger partial charge in [0.1, 0.15) is 13.2 Å². The number of rotatable bonds is 6. The Morgan fingerprint density at radius 2 is 1.44 bits per heavy atom. The van der Waals surface area contributed by atoms with E-state index in [1.165, 1.54) is 0 Å². The summed E-state index contributed by atoms with van der Waals surface area (Å²) in [6.45, 7) is 7.43. The third-order valence-electron chi connectivity index (χ3n) is 0.468. The maximum absolute atomic E-state index is 4.40. The fourth-order valence-electron chi connectivity index (χ4n) is 0.186. The number of hydrogen-bond acceptors (Lipinski definition) is 3. The molecular formula is C6H10O3. The molecule has 3 heteroatoms. The van der Waals surface area contributed by atoms with Gasteiger partial charge in [0.2, 0.25) is 0 Å². The predicted molar refractivity (Wildman–Crippen MR) is 33.4 cm³/mol. The molecule has 0 aromatic heterocycles. The maximum Gasteiger partial charge on any atom is 0.103 e. The minimum absolute atomic E-state index is 0.317. The molecule has 0 aliphatic heterocycles. The van der Waals surface area contributed by atoms with E-state index in [4.69, 9.17) is 0 Å². The van der Waals surface area contributed by atoms with Gasteiger partial charge in [0.25, 0.3) is 0 Å². The van der Waals surface area contributed by atoms with Crippen LogP contribution in [-0.4, -0.2) is 13.2 Å². The van der Waals surface area contributed by atoms with Crippen LogP contribution in [0.2, 0.25) is 0 Å². The van der Waals surface area contributed by atoms with Crippen molar-refractivity contribution in [2.24, 2.45) is 0 Å². The second-order valence-corrected chi connectivity index (χ2v) is 1.21. The predicted octanol–water partition coefficient (Wildman–Crippen LogP) is 1.24. The van der Waals surface area contributed by atoms with E-state index in [0.717, 1.165) is 0 Å². The van der Waals surface area contributed by atoms with Crippen LogP contribution < -0.4 is 0 Å². The molecule has 0 unspecified atom stereocenters. The van der Waals surface area contributed by atoms with Crippen molar-refractivity contribution in [3.63, 3.8) is 0 Å². The monoisotopic (exact) mass is 130 g/mol. The summed E-state index contributed by atoms with van der Waals surface area (Å²) >= 11 is 0. The van der Waals surface area contributed by atoms with Gasteiger partial charge >= 0.3 is 0 Å². The van der Waals surface area contributed by atoms with Gasteiger partial charge in [-0.3, -0.25) is 0 Å². The Morgan fingerprint density at radius 1 is 1.00 bits per heavy atom. The van der Waals surface area contributed by atoms with Crippen LogP contribution in [0, 0.1) is 0 Å². The first-order chi connectivity index (χ1) is 4.41. The SMILES string of the molecule is C=CCOOOCC=C. The summed E-state index contributed by atoms with van der Waals surface area (Å²) in [4.78, 5) is 8.79. The van der Waals surface area contributed by atoms with Gasteiger partial charge in [-0.1, -0.05) is 17.2 Å². The first-order valence-electron chi connectivity index (χ1n) is 2.54. The van der Waals surface area contributed by atoms with Crippen molar-refractivity contribution in [2.45, 2.75) is 0 Å². The van der Waals surface area contributed by atoms with Crippen molar-refractivity contribution in [1.82, 2.24) is 0 Å². The standard InChI is InChI=1S/C6H10O3/c1-3-5-7-9-8-6-4-2/h3-4H,1-2,5-6H2. The van der Waals surface area contributed by atoms with Crippen molar-refractivity contribution in [2.75, 3.05) is 13.2 Å². The summed E-state index contributed by atoms with van der Waals surface area (Å²) in [5.41, 5.74) is 0. The van der Waals surface area contributed by atoms with E-state index in [1.807, 2.05) is 0 Å². The average Bonchev–Trinajstić information content (AvgIpc) is 1.89. The summed E-state index contributed by atoms with van der Waals surface area (Å²) in [5, 5.41) is 4.17. The molecule has 52 valence electrons. The maximum atomic E-state index is 4.40. The Hall–Kier alpha value is -0.640. The van der Waals surface area contributed by atoms with Crippen molar-refractivity contribution >= 4 is 0 Å². The van der Waals surface area contributed by atoms with Gasteiger partial charge < -0.3 is 0 Å². The summed E-state index contributed by atoms with van der Waals surface area (Å²) in [6, 6.07) is 0. The normalized spacial score (nSPS) is 8.89. The number of hydrogen-bond donors (Lipinski definition) is 0. The zero-order chi connectivity index (χ0) is 6.95. The molecule has 0 fully saturated rings. The molecule has 0 radical (unpaired) electrons. The van der Waals surface area contributed by atoms with Crippen molar-refractivity contribution in [1.29, 1.82) is 0 Å². The molecule has 0 saturated heterocycles. The van der Waals surface area contributed by atoms with Crippen molar-refractivity contribution in [3.8, 4) is 0 Å². The van der Waals surface area contributed by atoms with Crippen LogP contribution in [0.25, 0.3) is 0 Å². The van der Waals surface area contributed by atoms with Gasteiger partial charge in [-0.2, -0.15) is 0 Å². The molecule has 0 aliphatic rings. The minimum Gasteiger partial charge on any atom is -0.202 e. The third kappa shape index (κ3) is 7.36. The fraction of sp³-hybridized carbons (Fsp3) is 0.333. The second-order valence-electron chi connectivity index (χ2n) is 1.21. The van der Waals surface area contributed by atoms with Crippen LogP contribution in [0.1, 0.15) is 0 Å². The van der Waals surface area contributed by atoms with E-state index in [9.17, 15) is 0 Å². The Morgan fingerprint density at radius 3 is 1.78 bits per heavy atom. The topological polar surface area (TPSA) is 27.7 Å². The highest BCUT2D eigenvalue weighted by atomic mass is 17.5. The molecule has 0 amide bonds. The quantitative estimate of drug-likeness (QED) is 0.234. The molecule has 0 saturated carbocycles.